The molecule has 19 heavy (non-hydrogen) atoms. The Kier molecular flexibility index (Phi) is 3.56. The summed E-state index contributed by atoms with van der Waals surface area (Å²) in [4.78, 5) is 14.9. The van der Waals surface area contributed by atoms with Crippen molar-refractivity contribution in [3.05, 3.63) is 12.7 Å². The summed E-state index contributed by atoms with van der Waals surface area (Å²) in [7, 11) is 0. The maximum atomic E-state index is 5.77. The lowest BCUT2D eigenvalue weighted by Gasteiger charge is -2.26. The largest absolute Gasteiger partial charge is 0.382 e. The quantitative estimate of drug-likeness (QED) is 0.843. The van der Waals surface area contributed by atoms with E-state index in [-0.39, 0.29) is 0 Å². The van der Waals surface area contributed by atoms with Gasteiger partial charge in [-0.3, -0.25) is 4.90 Å². The second kappa shape index (κ2) is 5.50. The van der Waals surface area contributed by atoms with E-state index in [2.05, 4.69) is 19.9 Å². The number of hydrogen-bond acceptors (Lipinski definition) is 6. The summed E-state index contributed by atoms with van der Waals surface area (Å²) in [6.07, 6.45) is 4.34. The molecule has 3 rings (SSSR count). The van der Waals surface area contributed by atoms with Gasteiger partial charge in [0.2, 0.25) is 0 Å². The van der Waals surface area contributed by atoms with Gasteiger partial charge in [0.1, 0.15) is 11.8 Å². The first-order valence-electron chi connectivity index (χ1n) is 6.56. The average Bonchev–Trinajstić information content (AvgIpc) is 2.85. The van der Waals surface area contributed by atoms with Crippen molar-refractivity contribution in [1.82, 2.24) is 24.4 Å². The van der Waals surface area contributed by atoms with E-state index >= 15 is 0 Å². The lowest BCUT2D eigenvalue weighted by Crippen LogP contribution is -2.37. The van der Waals surface area contributed by atoms with E-state index < -0.39 is 0 Å². The number of fused-ring (bicyclic) bond motifs is 1. The summed E-state index contributed by atoms with van der Waals surface area (Å²) < 4.78 is 7.37. The van der Waals surface area contributed by atoms with Gasteiger partial charge in [0, 0.05) is 26.2 Å². The van der Waals surface area contributed by atoms with Crippen LogP contribution in [-0.2, 0) is 11.3 Å². The number of nitrogens with two attached hydrogens (primary N) is 1. The first kappa shape index (κ1) is 12.3. The monoisotopic (exact) mass is 262 g/mol. The molecule has 1 saturated heterocycles. The number of morpholine rings is 1. The highest BCUT2D eigenvalue weighted by atomic mass is 16.5. The number of imidazole rings is 1. The van der Waals surface area contributed by atoms with E-state index in [0.29, 0.717) is 11.3 Å². The fraction of sp³-hybridized carbons (Fsp3) is 0.583. The molecule has 0 amide bonds. The molecule has 0 saturated carbocycles. The van der Waals surface area contributed by atoms with E-state index in [1.807, 2.05) is 4.57 Å². The highest BCUT2D eigenvalue weighted by Crippen LogP contribution is 2.14. The number of nitrogens with zero attached hydrogens (tertiary/aromatic N) is 5. The Morgan fingerprint density at radius 2 is 2.00 bits per heavy atom. The van der Waals surface area contributed by atoms with Gasteiger partial charge >= 0.3 is 0 Å². The summed E-state index contributed by atoms with van der Waals surface area (Å²) >= 11 is 0. The van der Waals surface area contributed by atoms with Gasteiger partial charge in [-0.05, 0) is 6.42 Å². The van der Waals surface area contributed by atoms with Gasteiger partial charge in [0.15, 0.2) is 11.5 Å². The molecular weight excluding hydrogens is 244 g/mol. The number of aryl methyl sites for hydroxylation is 1. The third-order valence-corrected chi connectivity index (χ3v) is 3.41. The molecule has 0 aromatic carbocycles. The van der Waals surface area contributed by atoms with Gasteiger partial charge in [0.25, 0.3) is 0 Å². The Morgan fingerprint density at radius 3 is 2.84 bits per heavy atom. The number of anilines is 1. The summed E-state index contributed by atoms with van der Waals surface area (Å²) in [6, 6.07) is 0. The summed E-state index contributed by atoms with van der Waals surface area (Å²) in [5.41, 5.74) is 7.27. The highest BCUT2D eigenvalue weighted by Gasteiger charge is 2.11. The van der Waals surface area contributed by atoms with Crippen LogP contribution in [0.25, 0.3) is 11.2 Å². The van der Waals surface area contributed by atoms with Gasteiger partial charge in [0.05, 0.1) is 19.5 Å². The molecular formula is C12H18N6O. The van der Waals surface area contributed by atoms with Crippen LogP contribution in [0.1, 0.15) is 6.42 Å². The molecule has 2 N–H and O–H groups in total. The first-order chi connectivity index (χ1) is 9.34. The highest BCUT2D eigenvalue weighted by molar-refractivity contribution is 5.80. The Balaban J connectivity index is 1.60. The van der Waals surface area contributed by atoms with Gasteiger partial charge in [-0.15, -0.1) is 0 Å². The zero-order valence-corrected chi connectivity index (χ0v) is 10.8. The van der Waals surface area contributed by atoms with Crippen molar-refractivity contribution < 1.29 is 4.74 Å². The Hall–Kier alpha value is -1.73. The standard InChI is InChI=1S/C12H18N6O/c13-11-10-12(15-8-14-11)18(9-16-10)3-1-2-17-4-6-19-7-5-17/h8-9H,1-7H2,(H2,13,14,15). The van der Waals surface area contributed by atoms with Crippen LogP contribution in [0.3, 0.4) is 0 Å². The third kappa shape index (κ3) is 2.66. The van der Waals surface area contributed by atoms with Gasteiger partial charge < -0.3 is 15.0 Å². The van der Waals surface area contributed by atoms with Gasteiger partial charge in [-0.2, -0.15) is 0 Å². The topological polar surface area (TPSA) is 82.1 Å². The van der Waals surface area contributed by atoms with Crippen LogP contribution in [0.5, 0.6) is 0 Å². The Labute approximate surface area is 111 Å². The fourth-order valence-electron chi connectivity index (χ4n) is 2.35. The molecule has 0 atom stereocenters. The number of nitrogen functional groups attached to an aromatic ring is 1. The van der Waals surface area contributed by atoms with Crippen LogP contribution in [0, 0.1) is 0 Å². The van der Waals surface area contributed by atoms with Crippen molar-refractivity contribution >= 4 is 17.0 Å². The van der Waals surface area contributed by atoms with Crippen LogP contribution >= 0.6 is 0 Å². The van der Waals surface area contributed by atoms with Gasteiger partial charge in [-0.25, -0.2) is 15.0 Å². The van der Waals surface area contributed by atoms with Crippen LogP contribution in [0.2, 0.25) is 0 Å². The van der Waals surface area contributed by atoms with Crippen molar-refractivity contribution in [1.29, 1.82) is 0 Å². The smallest absolute Gasteiger partial charge is 0.165 e. The minimum absolute atomic E-state index is 0.442. The number of hydrogen-bond donors (Lipinski definition) is 1. The molecule has 1 aliphatic heterocycles. The predicted molar refractivity (Wildman–Crippen MR) is 71.6 cm³/mol. The van der Waals surface area contributed by atoms with Gasteiger partial charge in [-0.1, -0.05) is 0 Å². The molecule has 0 spiro atoms. The number of ether oxygens (including phenoxy) is 1. The van der Waals surface area contributed by atoms with Crippen LogP contribution in [0.4, 0.5) is 5.82 Å². The third-order valence-electron chi connectivity index (χ3n) is 3.41. The number of aromatic nitrogens is 4. The molecule has 0 unspecified atom stereocenters. The van der Waals surface area contributed by atoms with E-state index in [4.69, 9.17) is 10.5 Å². The molecule has 2 aromatic rings. The van der Waals surface area contributed by atoms with Crippen molar-refractivity contribution in [3.8, 4) is 0 Å². The molecule has 102 valence electrons. The molecule has 1 aliphatic rings. The molecule has 0 aliphatic carbocycles. The maximum absolute atomic E-state index is 5.77. The summed E-state index contributed by atoms with van der Waals surface area (Å²) in [5, 5.41) is 0. The molecule has 1 fully saturated rings. The molecule has 0 bridgehead atoms. The minimum Gasteiger partial charge on any atom is -0.382 e. The van der Waals surface area contributed by atoms with Crippen LogP contribution in [0.15, 0.2) is 12.7 Å². The lowest BCUT2D eigenvalue weighted by atomic mass is 10.3. The summed E-state index contributed by atoms with van der Waals surface area (Å²) in [6.45, 7) is 5.71. The lowest BCUT2D eigenvalue weighted by molar-refractivity contribution is 0.0369. The van der Waals surface area contributed by atoms with E-state index in [0.717, 1.165) is 51.5 Å². The van der Waals surface area contributed by atoms with Crippen molar-refractivity contribution in [2.75, 3.05) is 38.6 Å². The van der Waals surface area contributed by atoms with Crippen LogP contribution in [-0.4, -0.2) is 57.3 Å². The van der Waals surface area contributed by atoms with E-state index in [9.17, 15) is 0 Å². The molecule has 0 radical (unpaired) electrons. The van der Waals surface area contributed by atoms with Crippen molar-refractivity contribution in [3.63, 3.8) is 0 Å². The van der Waals surface area contributed by atoms with E-state index in [1.165, 1.54) is 6.33 Å². The Bertz CT molecular complexity index is 548. The maximum Gasteiger partial charge on any atom is 0.165 e. The predicted octanol–water partition coefficient (Wildman–Crippen LogP) is 0.131. The molecule has 2 aromatic heterocycles. The first-order valence-corrected chi connectivity index (χ1v) is 6.56. The molecule has 3 heterocycles. The minimum atomic E-state index is 0.442. The van der Waals surface area contributed by atoms with Crippen molar-refractivity contribution in [2.24, 2.45) is 0 Å². The normalized spacial score (nSPS) is 17.1. The fourth-order valence-corrected chi connectivity index (χ4v) is 2.35. The van der Waals surface area contributed by atoms with Crippen molar-refractivity contribution in [2.45, 2.75) is 13.0 Å². The second-order valence-corrected chi connectivity index (χ2v) is 4.68. The summed E-state index contributed by atoms with van der Waals surface area (Å²) in [5.74, 6) is 0.442. The zero-order chi connectivity index (χ0) is 13.1. The SMILES string of the molecule is Nc1ncnc2c1ncn2CCCN1CCOCC1. The zero-order valence-electron chi connectivity index (χ0n) is 10.8. The Morgan fingerprint density at radius 1 is 1.16 bits per heavy atom. The average molecular weight is 262 g/mol. The second-order valence-electron chi connectivity index (χ2n) is 4.68. The number of rotatable bonds is 4. The van der Waals surface area contributed by atoms with E-state index in [1.54, 1.807) is 6.33 Å². The molecule has 7 heteroatoms. The molecule has 7 nitrogen and oxygen atoms in total. The van der Waals surface area contributed by atoms with Crippen LogP contribution < -0.4 is 5.73 Å².